The number of nitrogens with zero attached hydrogens (tertiary/aromatic N) is 2. The topological polar surface area (TPSA) is 57.7 Å². The third-order valence-corrected chi connectivity index (χ3v) is 5.02. The first-order valence-electron chi connectivity index (χ1n) is 9.63. The van der Waals surface area contributed by atoms with Crippen LogP contribution in [0.1, 0.15) is 23.2 Å². The van der Waals surface area contributed by atoms with Crippen molar-refractivity contribution in [2.24, 2.45) is 5.92 Å². The van der Waals surface area contributed by atoms with Gasteiger partial charge < -0.3 is 0 Å². The summed E-state index contributed by atoms with van der Waals surface area (Å²) < 4.78 is 13.4. The van der Waals surface area contributed by atoms with Crippen LogP contribution in [0, 0.1) is 11.7 Å². The van der Waals surface area contributed by atoms with E-state index < -0.39 is 11.7 Å². The smallest absolute Gasteiger partial charge is 0.258 e. The van der Waals surface area contributed by atoms with Crippen molar-refractivity contribution >= 4 is 29.0 Å². The number of rotatable bonds is 6. The van der Waals surface area contributed by atoms with Crippen LogP contribution in [0.5, 0.6) is 0 Å². The van der Waals surface area contributed by atoms with Crippen molar-refractivity contribution in [1.29, 1.82) is 0 Å². The summed E-state index contributed by atoms with van der Waals surface area (Å²) in [6.45, 7) is 0. The summed E-state index contributed by atoms with van der Waals surface area (Å²) in [5.41, 5.74) is 1.37. The number of ketones is 1. The molecule has 0 radical (unpaired) electrons. The molecule has 0 bridgehead atoms. The van der Waals surface area contributed by atoms with Crippen LogP contribution in [-0.2, 0) is 9.59 Å². The number of carbonyl (C=O) groups is 3. The number of hydrogen-bond donors (Lipinski definition) is 0. The van der Waals surface area contributed by atoms with Crippen LogP contribution in [0.4, 0.5) is 15.8 Å². The van der Waals surface area contributed by atoms with Gasteiger partial charge in [-0.25, -0.2) is 14.4 Å². The highest BCUT2D eigenvalue weighted by Gasteiger charge is 2.46. The Hall–Kier alpha value is -3.80. The van der Waals surface area contributed by atoms with Crippen LogP contribution in [0.25, 0.3) is 0 Å². The number of para-hydroxylation sites is 2. The normalized spacial score (nSPS) is 14.4. The maximum absolute atomic E-state index is 13.4. The van der Waals surface area contributed by atoms with Gasteiger partial charge in [0.15, 0.2) is 5.78 Å². The van der Waals surface area contributed by atoms with Crippen LogP contribution in [-0.4, -0.2) is 17.6 Å². The summed E-state index contributed by atoms with van der Waals surface area (Å²) in [5, 5.41) is 2.71. The van der Waals surface area contributed by atoms with Gasteiger partial charge in [0.25, 0.3) is 11.8 Å². The van der Waals surface area contributed by atoms with Crippen LogP contribution >= 0.6 is 0 Å². The Morgan fingerprint density at radius 2 is 1.30 bits per heavy atom. The van der Waals surface area contributed by atoms with Gasteiger partial charge in [-0.3, -0.25) is 14.4 Å². The lowest BCUT2D eigenvalue weighted by molar-refractivity contribution is -0.127. The number of amides is 2. The third-order valence-electron chi connectivity index (χ3n) is 5.02. The zero-order chi connectivity index (χ0) is 21.1. The number of carbonyl (C=O) groups excluding carboxylic acids is 3. The molecule has 1 fully saturated rings. The van der Waals surface area contributed by atoms with E-state index in [-0.39, 0.29) is 36.0 Å². The number of halogens is 1. The molecule has 0 spiro atoms. The molecule has 5 nitrogen and oxygen atoms in total. The van der Waals surface area contributed by atoms with E-state index in [0.29, 0.717) is 11.4 Å². The van der Waals surface area contributed by atoms with Crippen LogP contribution in [0.3, 0.4) is 0 Å². The quantitative estimate of drug-likeness (QED) is 0.454. The predicted molar refractivity (Wildman–Crippen MR) is 111 cm³/mol. The number of benzene rings is 3. The molecule has 0 aromatic heterocycles. The Balaban J connectivity index is 1.60. The molecule has 1 aliphatic rings. The molecule has 0 aliphatic carbocycles. The Kier molecular flexibility index (Phi) is 5.39. The lowest BCUT2D eigenvalue weighted by atomic mass is 9.98. The largest absolute Gasteiger partial charge is 0.294 e. The van der Waals surface area contributed by atoms with Crippen molar-refractivity contribution in [3.8, 4) is 0 Å². The third kappa shape index (κ3) is 3.72. The molecule has 150 valence electrons. The second-order valence-electron chi connectivity index (χ2n) is 7.00. The van der Waals surface area contributed by atoms with E-state index in [1.165, 1.54) is 28.2 Å². The molecule has 0 N–H and O–H groups in total. The van der Waals surface area contributed by atoms with E-state index in [1.54, 1.807) is 48.5 Å². The number of hydrazine groups is 1. The van der Waals surface area contributed by atoms with Gasteiger partial charge in [-0.1, -0.05) is 48.5 Å². The fourth-order valence-electron chi connectivity index (χ4n) is 3.55. The summed E-state index contributed by atoms with van der Waals surface area (Å²) >= 11 is 0. The second-order valence-corrected chi connectivity index (χ2v) is 7.00. The molecule has 0 atom stereocenters. The Morgan fingerprint density at radius 1 is 0.767 bits per heavy atom. The van der Waals surface area contributed by atoms with Gasteiger partial charge in [-0.2, -0.15) is 0 Å². The van der Waals surface area contributed by atoms with Crippen molar-refractivity contribution in [3.05, 3.63) is 96.3 Å². The molecule has 6 heteroatoms. The zero-order valence-corrected chi connectivity index (χ0v) is 16.1. The lowest BCUT2D eigenvalue weighted by Gasteiger charge is -2.27. The van der Waals surface area contributed by atoms with Crippen molar-refractivity contribution in [2.45, 2.75) is 12.8 Å². The standard InChI is InChI=1S/C24H19FN2O3/c25-18-9-7-8-17(16-18)22(28)15-14-21-23(29)26(19-10-3-1-4-11-19)27(24(21)30)20-12-5-2-6-13-20/h1-13,16,21H,14-15H2. The second kappa shape index (κ2) is 8.29. The minimum absolute atomic E-state index is 0.0309. The average molecular weight is 402 g/mol. The average Bonchev–Trinajstić information content (AvgIpc) is 3.03. The molecule has 3 aromatic carbocycles. The molecule has 1 heterocycles. The summed E-state index contributed by atoms with van der Waals surface area (Å²) in [6.07, 6.45) is 0.0243. The molecule has 4 rings (SSSR count). The van der Waals surface area contributed by atoms with Gasteiger partial charge in [0.2, 0.25) is 0 Å². The van der Waals surface area contributed by atoms with Gasteiger partial charge in [-0.15, -0.1) is 0 Å². The van der Waals surface area contributed by atoms with Gasteiger partial charge >= 0.3 is 0 Å². The summed E-state index contributed by atoms with van der Waals surface area (Å²) in [6, 6.07) is 23.2. The Labute approximate surface area is 173 Å². The van der Waals surface area contributed by atoms with Crippen LogP contribution in [0.2, 0.25) is 0 Å². The number of hydrogen-bond acceptors (Lipinski definition) is 3. The molecule has 2 amide bonds. The molecule has 3 aromatic rings. The predicted octanol–water partition coefficient (Wildman–Crippen LogP) is 4.40. The van der Waals surface area contributed by atoms with Crippen molar-refractivity contribution in [2.75, 3.05) is 10.0 Å². The number of Topliss-reactive ketones (excluding diaryl/α,β-unsaturated/α-hetero) is 1. The van der Waals surface area contributed by atoms with Gasteiger partial charge in [0, 0.05) is 12.0 Å². The Bertz CT molecular complexity index is 1030. The first-order chi connectivity index (χ1) is 14.6. The summed E-state index contributed by atoms with van der Waals surface area (Å²) in [5.74, 6) is -2.56. The zero-order valence-electron chi connectivity index (χ0n) is 16.1. The minimum Gasteiger partial charge on any atom is -0.294 e. The fourth-order valence-corrected chi connectivity index (χ4v) is 3.55. The monoisotopic (exact) mass is 402 g/mol. The maximum Gasteiger partial charge on any atom is 0.258 e. The molecule has 1 saturated heterocycles. The molecule has 30 heavy (non-hydrogen) atoms. The molecule has 0 unspecified atom stereocenters. The highest BCUT2D eigenvalue weighted by atomic mass is 19.1. The van der Waals surface area contributed by atoms with Crippen LogP contribution in [0.15, 0.2) is 84.9 Å². The van der Waals surface area contributed by atoms with Crippen LogP contribution < -0.4 is 10.0 Å². The van der Waals surface area contributed by atoms with Crippen molar-refractivity contribution in [1.82, 2.24) is 0 Å². The first kappa shape index (κ1) is 19.5. The summed E-state index contributed by atoms with van der Waals surface area (Å²) in [4.78, 5) is 38.8. The molecular weight excluding hydrogens is 383 g/mol. The lowest BCUT2D eigenvalue weighted by Crippen LogP contribution is -2.41. The van der Waals surface area contributed by atoms with E-state index in [1.807, 2.05) is 12.1 Å². The van der Waals surface area contributed by atoms with E-state index in [2.05, 4.69) is 0 Å². The fraction of sp³-hybridized carbons (Fsp3) is 0.125. The SMILES string of the molecule is O=C(CCC1C(=O)N(c2ccccc2)N(c2ccccc2)C1=O)c1cccc(F)c1. The van der Waals surface area contributed by atoms with Gasteiger partial charge in [0.1, 0.15) is 11.7 Å². The number of anilines is 2. The van der Waals surface area contributed by atoms with Crippen molar-refractivity contribution in [3.63, 3.8) is 0 Å². The Morgan fingerprint density at radius 3 is 1.80 bits per heavy atom. The summed E-state index contributed by atoms with van der Waals surface area (Å²) in [7, 11) is 0. The van der Waals surface area contributed by atoms with E-state index in [4.69, 9.17) is 0 Å². The first-order valence-corrected chi connectivity index (χ1v) is 9.63. The highest BCUT2D eigenvalue weighted by molar-refractivity contribution is 6.23. The minimum atomic E-state index is -0.983. The van der Waals surface area contributed by atoms with Crippen molar-refractivity contribution < 1.29 is 18.8 Å². The van der Waals surface area contributed by atoms with Gasteiger partial charge in [0.05, 0.1) is 11.4 Å². The maximum atomic E-state index is 13.4. The molecule has 1 aliphatic heterocycles. The highest BCUT2D eigenvalue weighted by Crippen LogP contribution is 2.33. The van der Waals surface area contributed by atoms with Gasteiger partial charge in [-0.05, 0) is 42.8 Å². The molecular formula is C24H19FN2O3. The van der Waals surface area contributed by atoms with E-state index in [9.17, 15) is 18.8 Å². The van der Waals surface area contributed by atoms with E-state index >= 15 is 0 Å². The molecule has 0 saturated carbocycles. The van der Waals surface area contributed by atoms with E-state index in [0.717, 1.165) is 6.07 Å².